The maximum absolute atomic E-state index is 13.3. The summed E-state index contributed by atoms with van der Waals surface area (Å²) in [5, 5.41) is 11.6. The summed E-state index contributed by atoms with van der Waals surface area (Å²) in [5.41, 5.74) is 2.76. The number of nitrogens with one attached hydrogen (secondary N) is 1. The molecule has 3 aromatic carbocycles. The highest BCUT2D eigenvalue weighted by Crippen LogP contribution is 2.35. The molecule has 8 heteroatoms. The van der Waals surface area contributed by atoms with E-state index in [0.29, 0.717) is 12.4 Å². The van der Waals surface area contributed by atoms with Crippen molar-refractivity contribution < 1.29 is 27.9 Å². The highest BCUT2D eigenvalue weighted by molar-refractivity contribution is 7.93. The second kappa shape index (κ2) is 9.91. The van der Waals surface area contributed by atoms with Gasteiger partial charge in [0, 0.05) is 13.2 Å². The summed E-state index contributed by atoms with van der Waals surface area (Å²) in [6.45, 7) is 0.753. The Morgan fingerprint density at radius 2 is 1.70 bits per heavy atom. The van der Waals surface area contributed by atoms with E-state index in [0.717, 1.165) is 12.8 Å². The predicted octanol–water partition coefficient (Wildman–Crippen LogP) is 3.68. The highest BCUT2D eigenvalue weighted by atomic mass is 32.2. The Kier molecular flexibility index (Phi) is 6.97. The van der Waals surface area contributed by atoms with Gasteiger partial charge in [0.05, 0.1) is 11.5 Å². The van der Waals surface area contributed by atoms with Crippen molar-refractivity contribution in [2.45, 2.75) is 35.3 Å². The number of hydroxylamine groups is 1. The molecule has 0 aromatic heterocycles. The molecule has 0 bridgehead atoms. The minimum Gasteiger partial charge on any atom is -0.494 e. The molecule has 0 radical (unpaired) electrons. The smallest absolute Gasteiger partial charge is 0.265 e. The van der Waals surface area contributed by atoms with Gasteiger partial charge in [-0.05, 0) is 66.3 Å². The lowest BCUT2D eigenvalue weighted by Crippen LogP contribution is -2.54. The number of benzene rings is 3. The van der Waals surface area contributed by atoms with Gasteiger partial charge in [0.2, 0.25) is 0 Å². The lowest BCUT2D eigenvalue weighted by atomic mass is 9.98. The van der Waals surface area contributed by atoms with Crippen LogP contribution in [0.25, 0.3) is 10.8 Å². The van der Waals surface area contributed by atoms with Crippen molar-refractivity contribution in [1.29, 1.82) is 0 Å². The van der Waals surface area contributed by atoms with Gasteiger partial charge in [-0.15, -0.1) is 0 Å². The Balaban J connectivity index is 1.37. The van der Waals surface area contributed by atoms with Crippen LogP contribution >= 0.6 is 0 Å². The van der Waals surface area contributed by atoms with Gasteiger partial charge in [-0.1, -0.05) is 42.5 Å². The Morgan fingerprint density at radius 1 is 1.00 bits per heavy atom. The second-order valence-electron chi connectivity index (χ2n) is 8.16. The zero-order valence-corrected chi connectivity index (χ0v) is 19.0. The predicted molar refractivity (Wildman–Crippen MR) is 124 cm³/mol. The average Bonchev–Trinajstić information content (AvgIpc) is 2.86. The van der Waals surface area contributed by atoms with E-state index >= 15 is 0 Å². The fraction of sp³-hybridized carbons (Fsp3) is 0.320. The van der Waals surface area contributed by atoms with Crippen LogP contribution in [0.2, 0.25) is 0 Å². The first-order valence-electron chi connectivity index (χ1n) is 10.9. The summed E-state index contributed by atoms with van der Waals surface area (Å²) in [4.78, 5) is 12.3. The Hall–Kier alpha value is -2.94. The lowest BCUT2D eigenvalue weighted by Gasteiger charge is -2.34. The van der Waals surface area contributed by atoms with Crippen molar-refractivity contribution in [1.82, 2.24) is 5.48 Å². The van der Waals surface area contributed by atoms with Gasteiger partial charge in [-0.2, -0.15) is 0 Å². The van der Waals surface area contributed by atoms with E-state index in [1.54, 1.807) is 12.1 Å². The molecule has 7 nitrogen and oxygen atoms in total. The number of fused-ring (bicyclic) bond motifs is 1. The Bertz CT molecular complexity index is 1220. The number of sulfone groups is 1. The van der Waals surface area contributed by atoms with Gasteiger partial charge in [0.15, 0.2) is 14.6 Å². The molecular formula is C25H27NO6S. The van der Waals surface area contributed by atoms with Gasteiger partial charge >= 0.3 is 0 Å². The number of amides is 1. The lowest BCUT2D eigenvalue weighted by molar-refractivity contribution is -0.134. The third-order valence-electron chi connectivity index (χ3n) is 6.16. The largest absolute Gasteiger partial charge is 0.494 e. The van der Waals surface area contributed by atoms with Crippen LogP contribution in [0.15, 0.2) is 71.6 Å². The molecule has 1 amide bonds. The number of aryl methyl sites for hydroxylation is 1. The number of rotatable bonds is 8. The van der Waals surface area contributed by atoms with Gasteiger partial charge in [0.25, 0.3) is 5.91 Å². The summed E-state index contributed by atoms with van der Waals surface area (Å²) in [7, 11) is -4.04. The number of hydrogen-bond acceptors (Lipinski definition) is 6. The second-order valence-corrected chi connectivity index (χ2v) is 10.4. The fourth-order valence-electron chi connectivity index (χ4n) is 4.22. The van der Waals surface area contributed by atoms with E-state index in [-0.39, 0.29) is 31.0 Å². The third-order valence-corrected chi connectivity index (χ3v) is 8.67. The molecule has 4 rings (SSSR count). The Labute approximate surface area is 193 Å². The van der Waals surface area contributed by atoms with Gasteiger partial charge in [-0.25, -0.2) is 13.9 Å². The molecule has 0 spiro atoms. The van der Waals surface area contributed by atoms with Crippen LogP contribution in [0.1, 0.15) is 24.8 Å². The van der Waals surface area contributed by atoms with Crippen molar-refractivity contribution in [2.24, 2.45) is 0 Å². The minimum atomic E-state index is -4.04. The number of hydrogen-bond donors (Lipinski definition) is 2. The molecule has 174 valence electrons. The van der Waals surface area contributed by atoms with E-state index < -0.39 is 20.5 Å². The quantitative estimate of drug-likeness (QED) is 0.296. The van der Waals surface area contributed by atoms with Gasteiger partial charge in [-0.3, -0.25) is 10.0 Å². The molecule has 1 saturated heterocycles. The normalized spacial score (nSPS) is 15.8. The van der Waals surface area contributed by atoms with Crippen LogP contribution in [0.5, 0.6) is 5.75 Å². The van der Waals surface area contributed by atoms with Crippen molar-refractivity contribution in [3.8, 4) is 5.75 Å². The van der Waals surface area contributed by atoms with Gasteiger partial charge in [0.1, 0.15) is 5.75 Å². The zero-order valence-electron chi connectivity index (χ0n) is 18.2. The van der Waals surface area contributed by atoms with Gasteiger partial charge < -0.3 is 9.47 Å². The molecule has 1 aliphatic rings. The van der Waals surface area contributed by atoms with E-state index in [1.165, 1.54) is 33.9 Å². The van der Waals surface area contributed by atoms with Crippen molar-refractivity contribution >= 4 is 26.5 Å². The van der Waals surface area contributed by atoms with Crippen molar-refractivity contribution in [3.05, 3.63) is 72.3 Å². The Morgan fingerprint density at radius 3 is 2.39 bits per heavy atom. The zero-order chi connectivity index (χ0) is 23.3. The summed E-state index contributed by atoms with van der Waals surface area (Å²) >= 11 is 0. The number of ether oxygens (including phenoxy) is 2. The van der Waals surface area contributed by atoms with Crippen LogP contribution in [0.4, 0.5) is 0 Å². The molecule has 2 N–H and O–H groups in total. The molecule has 1 heterocycles. The van der Waals surface area contributed by atoms with Crippen molar-refractivity contribution in [3.63, 3.8) is 0 Å². The first-order valence-corrected chi connectivity index (χ1v) is 12.4. The molecule has 0 aliphatic carbocycles. The van der Waals surface area contributed by atoms with Crippen LogP contribution < -0.4 is 10.2 Å². The van der Waals surface area contributed by atoms with E-state index in [9.17, 15) is 13.2 Å². The highest BCUT2D eigenvalue weighted by Gasteiger charge is 2.52. The third kappa shape index (κ3) is 4.73. The fourth-order valence-corrected chi connectivity index (χ4v) is 6.16. The van der Waals surface area contributed by atoms with Crippen LogP contribution in [0.3, 0.4) is 0 Å². The molecule has 0 unspecified atom stereocenters. The van der Waals surface area contributed by atoms with E-state index in [1.807, 2.05) is 12.1 Å². The number of carbonyl (C=O) groups is 1. The molecular weight excluding hydrogens is 442 g/mol. The molecule has 0 atom stereocenters. The van der Waals surface area contributed by atoms with E-state index in [4.69, 9.17) is 14.7 Å². The summed E-state index contributed by atoms with van der Waals surface area (Å²) in [5.74, 6) is -0.375. The van der Waals surface area contributed by atoms with E-state index in [2.05, 4.69) is 30.3 Å². The molecule has 1 fully saturated rings. The standard InChI is InChI=1S/C25H27NO6S/c27-24(26-28)25(13-16-31-17-14-25)33(29,30)23-11-9-22(10-12-23)32-15-3-4-19-7-8-20-5-1-2-6-21(20)18-19/h1-2,5-12,18,28H,3-4,13-17H2,(H,26,27). The molecule has 1 aliphatic heterocycles. The summed E-state index contributed by atoms with van der Waals surface area (Å²) < 4.78 is 35.8. The molecule has 33 heavy (non-hydrogen) atoms. The maximum atomic E-state index is 13.3. The first-order chi connectivity index (χ1) is 16.0. The summed E-state index contributed by atoms with van der Waals surface area (Å²) in [6.07, 6.45) is 1.65. The summed E-state index contributed by atoms with van der Waals surface area (Å²) in [6, 6.07) is 20.7. The van der Waals surface area contributed by atoms with Crippen LogP contribution in [-0.2, 0) is 25.8 Å². The van der Waals surface area contributed by atoms with Crippen LogP contribution in [0, 0.1) is 0 Å². The molecule has 0 saturated carbocycles. The van der Waals surface area contributed by atoms with Crippen molar-refractivity contribution in [2.75, 3.05) is 19.8 Å². The number of carbonyl (C=O) groups excluding carboxylic acids is 1. The minimum absolute atomic E-state index is 0.0107. The first kappa shape index (κ1) is 23.2. The maximum Gasteiger partial charge on any atom is 0.265 e. The molecule has 3 aromatic rings. The average molecular weight is 470 g/mol. The monoisotopic (exact) mass is 469 g/mol. The SMILES string of the molecule is O=C(NO)C1(S(=O)(=O)c2ccc(OCCCc3ccc4ccccc4c3)cc2)CCOCC1. The van der Waals surface area contributed by atoms with Crippen LogP contribution in [-0.4, -0.2) is 44.1 Å². The topological polar surface area (TPSA) is 102 Å².